The van der Waals surface area contributed by atoms with Crippen LogP contribution in [-0.2, 0) is 32.6 Å². The number of nitrogens with zero attached hydrogens (tertiary/aromatic N) is 2. The summed E-state index contributed by atoms with van der Waals surface area (Å²) in [7, 11) is -3.95. The molecule has 2 amide bonds. The summed E-state index contributed by atoms with van der Waals surface area (Å²) in [6.45, 7) is 3.28. The molecule has 0 saturated carbocycles. The third-order valence-electron chi connectivity index (χ3n) is 6.37. The Kier molecular flexibility index (Phi) is 11.3. The monoisotopic (exact) mass is 623 g/mol. The predicted molar refractivity (Wildman–Crippen MR) is 162 cm³/mol. The molecule has 0 bridgehead atoms. The highest BCUT2D eigenvalue weighted by atomic mass is 35.5. The van der Waals surface area contributed by atoms with E-state index in [4.69, 9.17) is 34.8 Å². The normalized spacial score (nSPS) is 12.8. The SMILES string of the molecule is CC[C@H](C)NC(=O)[C@@H](Cc1ccccc1)N(Cc1cccc(Cl)c1)C(=O)CN(c1ccc(Cl)cc1Cl)S(C)(=O)=O. The first kappa shape index (κ1) is 31.7. The topological polar surface area (TPSA) is 86.8 Å². The Morgan fingerprint density at radius 3 is 2.15 bits per heavy atom. The maximum Gasteiger partial charge on any atom is 0.244 e. The summed E-state index contributed by atoms with van der Waals surface area (Å²) in [4.78, 5) is 29.1. The second-order valence-electron chi connectivity index (χ2n) is 9.54. The minimum atomic E-state index is -3.95. The predicted octanol–water partition coefficient (Wildman–Crippen LogP) is 5.97. The molecule has 2 atom stereocenters. The number of carbonyl (C=O) groups is 2. The van der Waals surface area contributed by atoms with Crippen molar-refractivity contribution in [3.05, 3.63) is 99.0 Å². The molecule has 0 fully saturated rings. The van der Waals surface area contributed by atoms with Crippen molar-refractivity contribution in [2.75, 3.05) is 17.1 Å². The summed E-state index contributed by atoms with van der Waals surface area (Å²) >= 11 is 18.6. The van der Waals surface area contributed by atoms with Crippen molar-refractivity contribution >= 4 is 62.3 Å². The van der Waals surface area contributed by atoms with E-state index in [-0.39, 0.29) is 35.6 Å². The van der Waals surface area contributed by atoms with Crippen LogP contribution in [0.3, 0.4) is 0 Å². The number of sulfonamides is 1. The van der Waals surface area contributed by atoms with Crippen LogP contribution in [0.2, 0.25) is 15.1 Å². The number of benzene rings is 3. The van der Waals surface area contributed by atoms with Gasteiger partial charge in [0.25, 0.3) is 0 Å². The summed E-state index contributed by atoms with van der Waals surface area (Å²) in [5.74, 6) is -0.930. The fourth-order valence-electron chi connectivity index (χ4n) is 4.11. The van der Waals surface area contributed by atoms with E-state index in [0.717, 1.165) is 16.1 Å². The van der Waals surface area contributed by atoms with Crippen LogP contribution in [0.1, 0.15) is 31.4 Å². The van der Waals surface area contributed by atoms with Crippen LogP contribution in [0.15, 0.2) is 72.8 Å². The molecule has 214 valence electrons. The molecule has 7 nitrogen and oxygen atoms in total. The third-order valence-corrected chi connectivity index (χ3v) is 8.27. The van der Waals surface area contributed by atoms with Crippen LogP contribution >= 0.6 is 34.8 Å². The molecular weight excluding hydrogens is 593 g/mol. The molecule has 0 aliphatic heterocycles. The van der Waals surface area contributed by atoms with Gasteiger partial charge in [0.15, 0.2) is 0 Å². The van der Waals surface area contributed by atoms with Crippen molar-refractivity contribution in [2.24, 2.45) is 0 Å². The minimum absolute atomic E-state index is 0.0246. The van der Waals surface area contributed by atoms with Gasteiger partial charge in [-0.05, 0) is 54.8 Å². The molecule has 3 rings (SSSR count). The summed E-state index contributed by atoms with van der Waals surface area (Å²) in [6, 6.07) is 19.6. The average molecular weight is 625 g/mol. The van der Waals surface area contributed by atoms with Gasteiger partial charge in [0.05, 0.1) is 17.0 Å². The van der Waals surface area contributed by atoms with Gasteiger partial charge in [-0.1, -0.05) is 84.2 Å². The molecule has 0 radical (unpaired) electrons. The molecule has 40 heavy (non-hydrogen) atoms. The summed E-state index contributed by atoms with van der Waals surface area (Å²) in [5.41, 5.74) is 1.63. The van der Waals surface area contributed by atoms with E-state index in [9.17, 15) is 18.0 Å². The highest BCUT2D eigenvalue weighted by Crippen LogP contribution is 2.31. The molecule has 0 saturated heterocycles. The van der Waals surface area contributed by atoms with Crippen LogP contribution < -0.4 is 9.62 Å². The van der Waals surface area contributed by atoms with E-state index >= 15 is 0 Å². The Hall–Kier alpha value is -2.78. The number of rotatable bonds is 12. The van der Waals surface area contributed by atoms with Gasteiger partial charge >= 0.3 is 0 Å². The first-order chi connectivity index (χ1) is 18.9. The fraction of sp³-hybridized carbons (Fsp3) is 0.310. The van der Waals surface area contributed by atoms with Gasteiger partial charge in [0, 0.05) is 29.1 Å². The van der Waals surface area contributed by atoms with Crippen LogP contribution in [-0.4, -0.2) is 50.0 Å². The molecule has 1 N–H and O–H groups in total. The molecule has 0 aromatic heterocycles. The second kappa shape index (κ2) is 14.2. The number of hydrogen-bond donors (Lipinski definition) is 1. The summed E-state index contributed by atoms with van der Waals surface area (Å²) in [5, 5.41) is 3.85. The largest absolute Gasteiger partial charge is 0.352 e. The van der Waals surface area contributed by atoms with Crippen molar-refractivity contribution in [2.45, 2.75) is 45.3 Å². The second-order valence-corrected chi connectivity index (χ2v) is 12.7. The lowest BCUT2D eigenvalue weighted by molar-refractivity contribution is -0.140. The van der Waals surface area contributed by atoms with Crippen LogP contribution in [0.25, 0.3) is 0 Å². The maximum absolute atomic E-state index is 14.1. The van der Waals surface area contributed by atoms with E-state index in [0.29, 0.717) is 22.0 Å². The minimum Gasteiger partial charge on any atom is -0.352 e. The lowest BCUT2D eigenvalue weighted by Gasteiger charge is -2.34. The number of amides is 2. The zero-order valence-corrected chi connectivity index (χ0v) is 25.6. The van der Waals surface area contributed by atoms with Crippen LogP contribution in [0, 0.1) is 0 Å². The first-order valence-electron chi connectivity index (χ1n) is 12.7. The fourth-order valence-corrected chi connectivity index (χ4v) is 5.74. The average Bonchev–Trinajstić information content (AvgIpc) is 2.89. The molecule has 3 aromatic rings. The molecule has 0 spiro atoms. The molecular formula is C29H32Cl3N3O4S. The molecule has 0 unspecified atom stereocenters. The summed E-state index contributed by atoms with van der Waals surface area (Å²) < 4.78 is 26.7. The van der Waals surface area contributed by atoms with E-state index in [1.54, 1.807) is 24.3 Å². The first-order valence-corrected chi connectivity index (χ1v) is 15.7. The van der Waals surface area contributed by atoms with E-state index in [1.165, 1.54) is 23.1 Å². The van der Waals surface area contributed by atoms with Crippen molar-refractivity contribution in [1.29, 1.82) is 0 Å². The smallest absolute Gasteiger partial charge is 0.244 e. The maximum atomic E-state index is 14.1. The van der Waals surface area contributed by atoms with Crippen molar-refractivity contribution < 1.29 is 18.0 Å². The molecule has 0 aliphatic rings. The highest BCUT2D eigenvalue weighted by molar-refractivity contribution is 7.92. The van der Waals surface area contributed by atoms with Crippen molar-refractivity contribution in [3.8, 4) is 0 Å². The van der Waals surface area contributed by atoms with Crippen LogP contribution in [0.4, 0.5) is 5.69 Å². The van der Waals surface area contributed by atoms with Gasteiger partial charge in [0.1, 0.15) is 12.6 Å². The Bertz CT molecular complexity index is 1440. The zero-order chi connectivity index (χ0) is 29.4. The lowest BCUT2D eigenvalue weighted by Crippen LogP contribution is -2.54. The Morgan fingerprint density at radius 2 is 1.55 bits per heavy atom. The number of anilines is 1. The summed E-state index contributed by atoms with van der Waals surface area (Å²) in [6.07, 6.45) is 1.91. The Labute approximate surface area is 251 Å². The quantitative estimate of drug-likeness (QED) is 0.269. The number of nitrogens with one attached hydrogen (secondary N) is 1. The van der Waals surface area contributed by atoms with Gasteiger partial charge in [-0.2, -0.15) is 0 Å². The van der Waals surface area contributed by atoms with Crippen LogP contribution in [0.5, 0.6) is 0 Å². The molecule has 3 aromatic carbocycles. The van der Waals surface area contributed by atoms with Crippen molar-refractivity contribution in [3.63, 3.8) is 0 Å². The number of halogens is 3. The van der Waals surface area contributed by atoms with Gasteiger partial charge < -0.3 is 10.2 Å². The number of carbonyl (C=O) groups excluding carboxylic acids is 2. The van der Waals surface area contributed by atoms with Crippen molar-refractivity contribution in [1.82, 2.24) is 10.2 Å². The lowest BCUT2D eigenvalue weighted by atomic mass is 10.0. The molecule has 0 heterocycles. The van der Waals surface area contributed by atoms with E-state index in [2.05, 4.69) is 5.32 Å². The van der Waals surface area contributed by atoms with Gasteiger partial charge in [0.2, 0.25) is 21.8 Å². The standard InChI is InChI=1S/C29H32Cl3N3O4S/c1-4-20(2)33-29(37)27(16-21-9-6-5-7-10-21)34(18-22-11-8-12-23(30)15-22)28(36)19-35(40(3,38)39)26-14-13-24(31)17-25(26)32/h5-15,17,20,27H,4,16,18-19H2,1-3H3,(H,33,37)/t20-,27+/m0/s1. The Balaban J connectivity index is 2.08. The van der Waals surface area contributed by atoms with E-state index in [1.807, 2.05) is 44.2 Å². The molecule has 0 aliphatic carbocycles. The van der Waals surface area contributed by atoms with E-state index < -0.39 is 28.5 Å². The number of hydrogen-bond acceptors (Lipinski definition) is 4. The highest BCUT2D eigenvalue weighted by Gasteiger charge is 2.34. The third kappa shape index (κ3) is 8.86. The zero-order valence-electron chi connectivity index (χ0n) is 22.5. The Morgan fingerprint density at radius 1 is 0.900 bits per heavy atom. The van der Waals surface area contributed by atoms with Gasteiger partial charge in [-0.3, -0.25) is 13.9 Å². The van der Waals surface area contributed by atoms with Gasteiger partial charge in [-0.25, -0.2) is 8.42 Å². The van der Waals surface area contributed by atoms with Gasteiger partial charge in [-0.15, -0.1) is 0 Å². The molecule has 11 heteroatoms.